The number of carbonyl (C=O) groups is 1. The topological polar surface area (TPSA) is 82.5 Å². The molecule has 0 aliphatic carbocycles. The van der Waals surface area contributed by atoms with Crippen molar-refractivity contribution in [3.8, 4) is 0 Å². The number of amides is 1. The molecule has 1 aromatic rings. The largest absolute Gasteiger partial charge is 0.372 e. The molecule has 0 heterocycles. The summed E-state index contributed by atoms with van der Waals surface area (Å²) in [5, 5.41) is 8.28. The molecule has 3 N–H and O–H groups in total. The molecule has 0 spiro atoms. The number of hydrogen-bond donors (Lipinski definition) is 2. The van der Waals surface area contributed by atoms with Crippen LogP contribution in [0.5, 0.6) is 0 Å². The Hall–Kier alpha value is -1.73. The van der Waals surface area contributed by atoms with E-state index in [-0.39, 0.29) is 6.41 Å². The van der Waals surface area contributed by atoms with Crippen LogP contribution in [0.15, 0.2) is 35.5 Å². The maximum Gasteiger partial charge on any atom is 0.204 e. The summed E-state index contributed by atoms with van der Waals surface area (Å²) in [6.07, 6.45) is 13.8. The monoisotopic (exact) mass is 408 g/mol. The summed E-state index contributed by atoms with van der Waals surface area (Å²) in [6, 6.07) is 8.26. The zero-order chi connectivity index (χ0) is 20.3. The zero-order valence-electron chi connectivity index (χ0n) is 16.6. The van der Waals surface area contributed by atoms with Crippen LogP contribution in [0.2, 0.25) is 0 Å². The predicted octanol–water partition coefficient (Wildman–Crippen LogP) is 5.22. The lowest BCUT2D eigenvalue weighted by molar-refractivity contribution is -0.106. The number of nitrogens with one attached hydrogen (secondary N) is 1. The first-order chi connectivity index (χ1) is 13.1. The highest BCUT2D eigenvalue weighted by molar-refractivity contribution is 8.15. The molecule has 0 saturated carbocycles. The van der Waals surface area contributed by atoms with Crippen LogP contribution in [-0.4, -0.2) is 36.7 Å². The maximum absolute atomic E-state index is 8.58. The zero-order valence-corrected chi connectivity index (χ0v) is 18.2. The van der Waals surface area contributed by atoms with E-state index in [9.17, 15) is 0 Å². The number of carbonyl (C=O) groups excluding carboxylic acids is 1. The summed E-state index contributed by atoms with van der Waals surface area (Å²) in [6.45, 7) is 2.23. The minimum absolute atomic E-state index is 0.250. The van der Waals surface area contributed by atoms with Gasteiger partial charge in [-0.05, 0) is 24.3 Å². The van der Waals surface area contributed by atoms with Crippen LogP contribution in [0.1, 0.15) is 44.6 Å². The van der Waals surface area contributed by atoms with Crippen LogP contribution in [0.25, 0.3) is 6.08 Å². The van der Waals surface area contributed by atoms with E-state index >= 15 is 0 Å². The number of nitrogens with two attached hydrogens (primary N) is 1. The third-order valence-electron chi connectivity index (χ3n) is 3.63. The second kappa shape index (κ2) is 17.7. The SMILES string of the molecule is CCCCCCCSC(C=N)=N/C=C/c1ccccc1N(C)SC.NC=O. The standard InChI is InChI=1S/C19H29N3S2.CH3NO/c1-4-5-6-7-10-15-24-19(16-20)21-14-13-17-11-8-9-12-18(17)22(2)23-3;2-1-3/h8-9,11-14,16,20H,4-7,10,15H2,1-3H3;1H,(H2,2,3)/b14-13+,20-16?,21-19?;. The number of primary amides is 1. The van der Waals surface area contributed by atoms with Crippen molar-refractivity contribution in [1.82, 2.24) is 0 Å². The third kappa shape index (κ3) is 12.3. The number of unbranched alkanes of at least 4 members (excludes halogenated alkanes) is 4. The maximum atomic E-state index is 8.58. The van der Waals surface area contributed by atoms with Gasteiger partial charge in [0.15, 0.2) is 0 Å². The molecule has 0 aliphatic rings. The van der Waals surface area contributed by atoms with Crippen molar-refractivity contribution in [3.63, 3.8) is 0 Å². The Bertz CT molecular complexity index is 591. The average Bonchev–Trinajstić information content (AvgIpc) is 2.69. The fraction of sp³-hybridized carbons (Fsp3) is 0.450. The first kappa shape index (κ1) is 25.3. The van der Waals surface area contributed by atoms with E-state index in [1.807, 2.05) is 18.2 Å². The van der Waals surface area contributed by atoms with Crippen LogP contribution in [0.3, 0.4) is 0 Å². The molecule has 27 heavy (non-hydrogen) atoms. The Morgan fingerprint density at radius 2 is 1.93 bits per heavy atom. The van der Waals surface area contributed by atoms with Crippen molar-refractivity contribution in [1.29, 1.82) is 5.41 Å². The molecular weight excluding hydrogens is 376 g/mol. The number of para-hydroxylation sites is 1. The Balaban J connectivity index is 0.00000210. The van der Waals surface area contributed by atoms with Crippen molar-refractivity contribution < 1.29 is 4.79 Å². The third-order valence-corrected chi connectivity index (χ3v) is 5.38. The van der Waals surface area contributed by atoms with Gasteiger partial charge in [-0.2, -0.15) is 0 Å². The molecule has 0 saturated heterocycles. The Morgan fingerprint density at radius 3 is 2.56 bits per heavy atom. The number of hydrogen-bond acceptors (Lipinski definition) is 6. The van der Waals surface area contributed by atoms with Gasteiger partial charge in [0.05, 0.1) is 11.9 Å². The van der Waals surface area contributed by atoms with Gasteiger partial charge in [0.2, 0.25) is 6.41 Å². The van der Waals surface area contributed by atoms with Crippen LogP contribution >= 0.6 is 23.7 Å². The molecule has 0 radical (unpaired) electrons. The van der Waals surface area contributed by atoms with Gasteiger partial charge in [-0.15, -0.1) is 11.8 Å². The summed E-state index contributed by atoms with van der Waals surface area (Å²) >= 11 is 3.35. The highest BCUT2D eigenvalue weighted by atomic mass is 32.2. The molecule has 7 heteroatoms. The van der Waals surface area contributed by atoms with Crippen LogP contribution in [0.4, 0.5) is 5.69 Å². The van der Waals surface area contributed by atoms with E-state index < -0.39 is 0 Å². The van der Waals surface area contributed by atoms with E-state index in [4.69, 9.17) is 10.2 Å². The van der Waals surface area contributed by atoms with Gasteiger partial charge in [-0.1, -0.05) is 62.8 Å². The average molecular weight is 409 g/mol. The van der Waals surface area contributed by atoms with Gasteiger partial charge >= 0.3 is 0 Å². The highest BCUT2D eigenvalue weighted by Crippen LogP contribution is 2.24. The van der Waals surface area contributed by atoms with Crippen molar-refractivity contribution in [3.05, 3.63) is 36.0 Å². The molecule has 0 aromatic heterocycles. The second-order valence-electron chi connectivity index (χ2n) is 5.57. The number of benzene rings is 1. The number of thioether (sulfide) groups is 1. The smallest absolute Gasteiger partial charge is 0.204 e. The van der Waals surface area contributed by atoms with Crippen molar-refractivity contribution in [2.75, 3.05) is 23.4 Å². The molecule has 0 atom stereocenters. The van der Waals surface area contributed by atoms with Gasteiger partial charge in [0, 0.05) is 25.1 Å². The van der Waals surface area contributed by atoms with Gasteiger partial charge in [0.25, 0.3) is 0 Å². The molecule has 1 aromatic carbocycles. The Morgan fingerprint density at radius 1 is 1.26 bits per heavy atom. The minimum Gasteiger partial charge on any atom is -0.372 e. The molecular formula is C20H32N4OS2. The number of nitrogens with zero attached hydrogens (tertiary/aromatic N) is 2. The van der Waals surface area contributed by atoms with Gasteiger partial charge in [-0.3, -0.25) is 4.79 Å². The van der Waals surface area contributed by atoms with E-state index in [0.29, 0.717) is 0 Å². The highest BCUT2D eigenvalue weighted by Gasteiger charge is 2.03. The molecule has 0 bridgehead atoms. The predicted molar refractivity (Wildman–Crippen MR) is 125 cm³/mol. The van der Waals surface area contributed by atoms with E-state index in [1.165, 1.54) is 38.3 Å². The van der Waals surface area contributed by atoms with Crippen molar-refractivity contribution in [2.45, 2.75) is 39.0 Å². The fourth-order valence-corrected chi connectivity index (χ4v) is 3.34. The van der Waals surface area contributed by atoms with Gasteiger partial charge in [0.1, 0.15) is 5.04 Å². The van der Waals surface area contributed by atoms with Crippen LogP contribution in [0, 0.1) is 5.41 Å². The van der Waals surface area contributed by atoms with E-state index in [2.05, 4.69) is 47.4 Å². The fourth-order valence-electron chi connectivity index (χ4n) is 2.20. The number of rotatable bonds is 11. The number of anilines is 1. The Labute approximate surface area is 172 Å². The van der Waals surface area contributed by atoms with Crippen LogP contribution in [-0.2, 0) is 4.79 Å². The summed E-state index contributed by atoms with van der Waals surface area (Å²) < 4.78 is 2.13. The molecule has 5 nitrogen and oxygen atoms in total. The van der Waals surface area contributed by atoms with E-state index in [0.717, 1.165) is 22.0 Å². The van der Waals surface area contributed by atoms with Gasteiger partial charge in [-0.25, -0.2) is 4.99 Å². The van der Waals surface area contributed by atoms with E-state index in [1.54, 1.807) is 29.9 Å². The minimum atomic E-state index is 0.250. The van der Waals surface area contributed by atoms with Gasteiger partial charge < -0.3 is 15.4 Å². The summed E-state index contributed by atoms with van der Waals surface area (Å²) in [4.78, 5) is 13.0. The lowest BCUT2D eigenvalue weighted by Gasteiger charge is -2.17. The second-order valence-corrected chi connectivity index (χ2v) is 7.59. The molecule has 0 fully saturated rings. The summed E-state index contributed by atoms with van der Waals surface area (Å²) in [5.74, 6) is 1.04. The summed E-state index contributed by atoms with van der Waals surface area (Å²) in [7, 11) is 2.05. The normalized spacial score (nSPS) is 11.0. The lowest BCUT2D eigenvalue weighted by Crippen LogP contribution is -2.06. The first-order valence-electron chi connectivity index (χ1n) is 9.04. The molecule has 0 unspecified atom stereocenters. The quantitative estimate of drug-likeness (QED) is 0.173. The lowest BCUT2D eigenvalue weighted by atomic mass is 10.2. The first-order valence-corrected chi connectivity index (χ1v) is 11.2. The molecule has 1 amide bonds. The van der Waals surface area contributed by atoms with Crippen molar-refractivity contribution in [2.24, 2.45) is 10.7 Å². The Kier molecular flexibility index (Phi) is 16.5. The summed E-state index contributed by atoms with van der Waals surface area (Å²) in [5.41, 5.74) is 6.46. The molecule has 0 aliphatic heterocycles. The van der Waals surface area contributed by atoms with Crippen LogP contribution < -0.4 is 10.0 Å². The van der Waals surface area contributed by atoms with Crippen molar-refractivity contribution >= 4 is 53.1 Å². The molecule has 1 rings (SSSR count). The molecule has 150 valence electrons. The number of aliphatic imine (C=N–C) groups is 1.